The molecule has 0 amide bonds. The van der Waals surface area contributed by atoms with Crippen LogP contribution in [-0.4, -0.2) is 38.8 Å². The average molecular weight is 241 g/mol. The molecule has 2 rings (SSSR count). The highest BCUT2D eigenvalue weighted by Gasteiger charge is 2.28. The number of hydrogen-bond acceptors (Lipinski definition) is 5. The van der Waals surface area contributed by atoms with E-state index < -0.39 is 5.97 Å². The number of piperidine rings is 1. The number of hydrogen-bond donors (Lipinski definition) is 1. The summed E-state index contributed by atoms with van der Waals surface area (Å²) in [6.07, 6.45) is 2.82. The van der Waals surface area contributed by atoms with Gasteiger partial charge in [0.05, 0.1) is 6.54 Å². The first kappa shape index (κ1) is 11.5. The molecule has 0 spiro atoms. The Labute approximate surface area is 98.1 Å². The molecule has 0 radical (unpaired) electrons. The summed E-state index contributed by atoms with van der Waals surface area (Å²) in [5.41, 5.74) is 0. The molecule has 6 heteroatoms. The van der Waals surface area contributed by atoms with Crippen LogP contribution in [0.4, 0.5) is 0 Å². The third-order valence-electron chi connectivity index (χ3n) is 2.80. The van der Waals surface area contributed by atoms with Crippen molar-refractivity contribution in [2.75, 3.05) is 6.54 Å². The lowest BCUT2D eigenvalue weighted by Crippen LogP contribution is -2.43. The first-order valence-corrected chi connectivity index (χ1v) is 6.24. The van der Waals surface area contributed by atoms with Gasteiger partial charge in [0.25, 0.3) is 0 Å². The third kappa shape index (κ3) is 2.56. The van der Waals surface area contributed by atoms with Crippen LogP contribution in [0.5, 0.6) is 0 Å². The summed E-state index contributed by atoms with van der Waals surface area (Å²) in [6.45, 7) is 3.37. The lowest BCUT2D eigenvalue weighted by atomic mass is 10.0. The van der Waals surface area contributed by atoms with Crippen molar-refractivity contribution in [3.05, 3.63) is 10.0 Å². The topological polar surface area (TPSA) is 66.3 Å². The molecule has 0 aliphatic carbocycles. The van der Waals surface area contributed by atoms with Crippen LogP contribution in [0, 0.1) is 6.92 Å². The van der Waals surface area contributed by atoms with Crippen LogP contribution >= 0.6 is 11.3 Å². The van der Waals surface area contributed by atoms with Crippen molar-refractivity contribution < 1.29 is 9.90 Å². The maximum absolute atomic E-state index is 11.1. The Balaban J connectivity index is 2.03. The molecule has 1 aliphatic heterocycles. The number of aliphatic carboxylic acids is 1. The van der Waals surface area contributed by atoms with Gasteiger partial charge in [-0.05, 0) is 26.3 Å². The van der Waals surface area contributed by atoms with E-state index in [0.29, 0.717) is 6.54 Å². The van der Waals surface area contributed by atoms with E-state index in [0.717, 1.165) is 35.8 Å². The quantitative estimate of drug-likeness (QED) is 0.863. The summed E-state index contributed by atoms with van der Waals surface area (Å²) >= 11 is 1.54. The molecule has 1 N–H and O–H groups in total. The van der Waals surface area contributed by atoms with Crippen molar-refractivity contribution in [2.45, 2.75) is 38.8 Å². The molecule has 1 aromatic rings. The summed E-state index contributed by atoms with van der Waals surface area (Å²) in [7, 11) is 0. The van der Waals surface area contributed by atoms with Crippen LogP contribution in [0.1, 0.15) is 29.3 Å². The number of carboxylic acids is 1. The molecule has 1 aliphatic rings. The van der Waals surface area contributed by atoms with Gasteiger partial charge in [0.2, 0.25) is 0 Å². The zero-order valence-electron chi connectivity index (χ0n) is 9.22. The van der Waals surface area contributed by atoms with Crippen molar-refractivity contribution in [2.24, 2.45) is 0 Å². The van der Waals surface area contributed by atoms with Crippen LogP contribution in [0.25, 0.3) is 0 Å². The summed E-state index contributed by atoms with van der Waals surface area (Å²) in [5.74, 6) is -0.721. The Bertz CT molecular complexity index is 380. The SMILES string of the molecule is Cc1nnc(CN2CCCC[C@@H]2C(=O)O)s1. The second kappa shape index (κ2) is 4.88. The van der Waals surface area contributed by atoms with Crippen molar-refractivity contribution in [3.8, 4) is 0 Å². The van der Waals surface area contributed by atoms with Crippen molar-refractivity contribution in [3.63, 3.8) is 0 Å². The first-order chi connectivity index (χ1) is 7.66. The summed E-state index contributed by atoms with van der Waals surface area (Å²) in [6, 6.07) is -0.349. The number of rotatable bonds is 3. The maximum Gasteiger partial charge on any atom is 0.320 e. The van der Waals surface area contributed by atoms with E-state index in [1.165, 1.54) is 11.3 Å². The predicted molar refractivity (Wildman–Crippen MR) is 60.3 cm³/mol. The number of aryl methyl sites for hydroxylation is 1. The minimum absolute atomic E-state index is 0.349. The molecule has 1 saturated heterocycles. The molecular formula is C10H15N3O2S. The van der Waals surface area contributed by atoms with E-state index in [4.69, 9.17) is 5.11 Å². The largest absolute Gasteiger partial charge is 0.480 e. The lowest BCUT2D eigenvalue weighted by molar-refractivity contribution is -0.144. The molecule has 1 fully saturated rings. The van der Waals surface area contributed by atoms with E-state index in [2.05, 4.69) is 10.2 Å². The van der Waals surface area contributed by atoms with E-state index >= 15 is 0 Å². The van der Waals surface area contributed by atoms with Crippen molar-refractivity contribution in [1.82, 2.24) is 15.1 Å². The maximum atomic E-state index is 11.1. The zero-order valence-corrected chi connectivity index (χ0v) is 10.0. The summed E-state index contributed by atoms with van der Waals surface area (Å²) in [5, 5.41) is 18.9. The monoisotopic (exact) mass is 241 g/mol. The van der Waals surface area contributed by atoms with E-state index in [1.54, 1.807) is 0 Å². The number of aromatic nitrogens is 2. The van der Waals surface area contributed by atoms with Crippen LogP contribution in [0.15, 0.2) is 0 Å². The zero-order chi connectivity index (χ0) is 11.5. The second-order valence-corrected chi connectivity index (χ2v) is 5.30. The molecular weight excluding hydrogens is 226 g/mol. The Kier molecular flexibility index (Phi) is 3.50. The van der Waals surface area contributed by atoms with Crippen LogP contribution < -0.4 is 0 Å². The van der Waals surface area contributed by atoms with Crippen molar-refractivity contribution in [1.29, 1.82) is 0 Å². The molecule has 2 heterocycles. The van der Waals surface area contributed by atoms with Gasteiger partial charge in [0, 0.05) is 0 Å². The lowest BCUT2D eigenvalue weighted by Gasteiger charge is -2.31. The predicted octanol–water partition coefficient (Wildman–Crippen LogP) is 1.29. The Morgan fingerprint density at radius 2 is 2.38 bits per heavy atom. The number of carboxylic acid groups (broad SMARTS) is 1. The molecule has 0 aromatic carbocycles. The number of carbonyl (C=O) groups is 1. The minimum atomic E-state index is -0.721. The molecule has 5 nitrogen and oxygen atoms in total. The fraction of sp³-hybridized carbons (Fsp3) is 0.700. The van der Waals surface area contributed by atoms with E-state index in [1.807, 2.05) is 11.8 Å². The number of likely N-dealkylation sites (tertiary alicyclic amines) is 1. The van der Waals surface area contributed by atoms with Gasteiger partial charge in [-0.1, -0.05) is 6.42 Å². The van der Waals surface area contributed by atoms with Crippen LogP contribution in [0.2, 0.25) is 0 Å². The fourth-order valence-corrected chi connectivity index (χ4v) is 2.77. The smallest absolute Gasteiger partial charge is 0.320 e. The fourth-order valence-electron chi connectivity index (χ4n) is 2.04. The molecule has 1 aromatic heterocycles. The first-order valence-electron chi connectivity index (χ1n) is 5.42. The summed E-state index contributed by atoms with van der Waals surface area (Å²) in [4.78, 5) is 13.1. The minimum Gasteiger partial charge on any atom is -0.480 e. The third-order valence-corrected chi connectivity index (χ3v) is 3.63. The Morgan fingerprint density at radius 3 is 3.00 bits per heavy atom. The summed E-state index contributed by atoms with van der Waals surface area (Å²) < 4.78 is 0. The highest BCUT2D eigenvalue weighted by molar-refractivity contribution is 7.11. The van der Waals surface area contributed by atoms with Gasteiger partial charge in [-0.25, -0.2) is 0 Å². The van der Waals surface area contributed by atoms with Gasteiger partial charge >= 0.3 is 5.97 Å². The van der Waals surface area contributed by atoms with Gasteiger partial charge in [-0.3, -0.25) is 9.69 Å². The average Bonchev–Trinajstić information content (AvgIpc) is 2.64. The highest BCUT2D eigenvalue weighted by atomic mass is 32.1. The Hall–Kier alpha value is -1.01. The van der Waals surface area contributed by atoms with Gasteiger partial charge in [-0.15, -0.1) is 21.5 Å². The molecule has 0 saturated carbocycles. The van der Waals surface area contributed by atoms with E-state index in [9.17, 15) is 4.79 Å². The number of nitrogens with zero attached hydrogens (tertiary/aromatic N) is 3. The van der Waals surface area contributed by atoms with E-state index in [-0.39, 0.29) is 6.04 Å². The molecule has 0 bridgehead atoms. The molecule has 1 atom stereocenters. The van der Waals surface area contributed by atoms with Gasteiger partial charge in [0.1, 0.15) is 16.1 Å². The Morgan fingerprint density at radius 1 is 1.56 bits per heavy atom. The standard InChI is InChI=1S/C10H15N3O2S/c1-7-11-12-9(16-7)6-13-5-3-2-4-8(13)10(14)15/h8H,2-6H2,1H3,(H,14,15)/t8-/m1/s1. The molecule has 0 unspecified atom stereocenters. The van der Waals surface area contributed by atoms with Crippen LogP contribution in [0.3, 0.4) is 0 Å². The normalized spacial score (nSPS) is 22.2. The van der Waals surface area contributed by atoms with Crippen LogP contribution in [-0.2, 0) is 11.3 Å². The molecule has 16 heavy (non-hydrogen) atoms. The van der Waals surface area contributed by atoms with Gasteiger partial charge in [-0.2, -0.15) is 0 Å². The molecule has 88 valence electrons. The van der Waals surface area contributed by atoms with Gasteiger partial charge < -0.3 is 5.11 Å². The van der Waals surface area contributed by atoms with Crippen molar-refractivity contribution >= 4 is 17.3 Å². The highest BCUT2D eigenvalue weighted by Crippen LogP contribution is 2.21. The van der Waals surface area contributed by atoms with Gasteiger partial charge in [0.15, 0.2) is 0 Å². The second-order valence-electron chi connectivity index (χ2n) is 4.04.